The number of pyridine rings is 1. The lowest BCUT2D eigenvalue weighted by Gasteiger charge is -2.30. The van der Waals surface area contributed by atoms with Crippen molar-refractivity contribution in [1.82, 2.24) is 9.88 Å². The molecule has 0 aliphatic carbocycles. The molecule has 1 aromatic rings. The van der Waals surface area contributed by atoms with E-state index in [0.29, 0.717) is 31.8 Å². The van der Waals surface area contributed by atoms with E-state index in [1.165, 1.54) is 0 Å². The summed E-state index contributed by atoms with van der Waals surface area (Å²) in [4.78, 5) is 6.08. The summed E-state index contributed by atoms with van der Waals surface area (Å²) in [6.45, 7) is 11.7. The topological polar surface area (TPSA) is 37.4 Å². The van der Waals surface area contributed by atoms with Crippen molar-refractivity contribution in [2.24, 2.45) is 0 Å². The number of hydrogen-bond acceptors (Lipinski definition) is 4. The number of aromatic nitrogens is 1. The van der Waals surface area contributed by atoms with Gasteiger partial charge < -0.3 is 10.1 Å². The van der Waals surface area contributed by atoms with Crippen molar-refractivity contribution in [1.29, 1.82) is 0 Å². The molecule has 4 nitrogen and oxygen atoms in total. The molecule has 0 atom stereocenters. The van der Waals surface area contributed by atoms with E-state index in [4.69, 9.17) is 4.74 Å². The summed E-state index contributed by atoms with van der Waals surface area (Å²) in [5, 5.41) is 2.74. The zero-order valence-electron chi connectivity index (χ0n) is 13.4. The van der Waals surface area contributed by atoms with Crippen molar-refractivity contribution in [3.8, 4) is 5.88 Å². The standard InChI is InChI=1S/C15H25F2N3O/c1-6-18-14-12(16)9-13(17)15(19-14)21-8-7-20(10(2)3)11(4)5/h9-11H,6-8H2,1-5H3,(H,18,19). The summed E-state index contributed by atoms with van der Waals surface area (Å²) in [6, 6.07) is 1.54. The van der Waals surface area contributed by atoms with Crippen LogP contribution in [0.4, 0.5) is 14.6 Å². The fourth-order valence-corrected chi connectivity index (χ4v) is 2.20. The fourth-order valence-electron chi connectivity index (χ4n) is 2.20. The zero-order chi connectivity index (χ0) is 16.0. The van der Waals surface area contributed by atoms with E-state index in [1.54, 1.807) is 0 Å². The Labute approximate surface area is 125 Å². The molecule has 0 saturated carbocycles. The predicted octanol–water partition coefficient (Wildman–Crippen LogP) is 3.29. The summed E-state index contributed by atoms with van der Waals surface area (Å²) < 4.78 is 32.5. The van der Waals surface area contributed by atoms with Crippen LogP contribution in [-0.2, 0) is 0 Å². The van der Waals surface area contributed by atoms with Gasteiger partial charge in [0.25, 0.3) is 5.88 Å². The first-order valence-corrected chi connectivity index (χ1v) is 7.35. The lowest BCUT2D eigenvalue weighted by Crippen LogP contribution is -2.39. The van der Waals surface area contributed by atoms with Gasteiger partial charge in [0.2, 0.25) is 0 Å². The molecule has 1 N–H and O–H groups in total. The molecule has 0 aliphatic rings. The Bertz CT molecular complexity index is 445. The van der Waals surface area contributed by atoms with Gasteiger partial charge in [0.05, 0.1) is 0 Å². The number of rotatable bonds is 8. The maximum absolute atomic E-state index is 13.6. The average Bonchev–Trinajstić information content (AvgIpc) is 2.38. The zero-order valence-corrected chi connectivity index (χ0v) is 13.4. The van der Waals surface area contributed by atoms with Gasteiger partial charge in [0.1, 0.15) is 6.61 Å². The van der Waals surface area contributed by atoms with Gasteiger partial charge in [-0.15, -0.1) is 0 Å². The quantitative estimate of drug-likeness (QED) is 0.799. The molecule has 0 aliphatic heterocycles. The largest absolute Gasteiger partial charge is 0.474 e. The van der Waals surface area contributed by atoms with Gasteiger partial charge in [0, 0.05) is 31.2 Å². The molecule has 21 heavy (non-hydrogen) atoms. The highest BCUT2D eigenvalue weighted by atomic mass is 19.1. The van der Waals surface area contributed by atoms with Crippen LogP contribution in [0.15, 0.2) is 6.07 Å². The monoisotopic (exact) mass is 301 g/mol. The van der Waals surface area contributed by atoms with Crippen LogP contribution in [0, 0.1) is 11.6 Å². The molecule has 1 rings (SSSR count). The molecule has 0 saturated heterocycles. The molecule has 1 heterocycles. The van der Waals surface area contributed by atoms with E-state index in [0.717, 1.165) is 6.07 Å². The predicted molar refractivity (Wildman–Crippen MR) is 80.8 cm³/mol. The van der Waals surface area contributed by atoms with Crippen LogP contribution in [0.2, 0.25) is 0 Å². The van der Waals surface area contributed by atoms with Gasteiger partial charge >= 0.3 is 0 Å². The molecule has 0 radical (unpaired) electrons. The minimum Gasteiger partial charge on any atom is -0.474 e. The first kappa shape index (κ1) is 17.6. The van der Waals surface area contributed by atoms with Gasteiger partial charge in [0.15, 0.2) is 17.5 Å². The van der Waals surface area contributed by atoms with E-state index in [2.05, 4.69) is 42.9 Å². The van der Waals surface area contributed by atoms with E-state index in [1.807, 2.05) is 6.92 Å². The van der Waals surface area contributed by atoms with Gasteiger partial charge in [-0.05, 0) is 34.6 Å². The van der Waals surface area contributed by atoms with Crippen LogP contribution in [-0.4, -0.2) is 41.7 Å². The van der Waals surface area contributed by atoms with Crippen molar-refractivity contribution < 1.29 is 13.5 Å². The van der Waals surface area contributed by atoms with Crippen molar-refractivity contribution >= 4 is 5.82 Å². The number of nitrogens with zero attached hydrogens (tertiary/aromatic N) is 2. The second kappa shape index (κ2) is 8.12. The lowest BCUT2D eigenvalue weighted by atomic mass is 10.2. The van der Waals surface area contributed by atoms with Crippen LogP contribution in [0.25, 0.3) is 0 Å². The lowest BCUT2D eigenvalue weighted by molar-refractivity contribution is 0.138. The molecule has 0 unspecified atom stereocenters. The van der Waals surface area contributed by atoms with Crippen LogP contribution in [0.3, 0.4) is 0 Å². The molecule has 0 bridgehead atoms. The average molecular weight is 301 g/mol. The van der Waals surface area contributed by atoms with Gasteiger partial charge in [-0.3, -0.25) is 4.90 Å². The van der Waals surface area contributed by atoms with Gasteiger partial charge in [-0.25, -0.2) is 8.78 Å². The third-order valence-corrected chi connectivity index (χ3v) is 3.16. The van der Waals surface area contributed by atoms with E-state index < -0.39 is 11.6 Å². The van der Waals surface area contributed by atoms with Crippen LogP contribution in [0.5, 0.6) is 5.88 Å². The number of ether oxygens (including phenoxy) is 1. The van der Waals surface area contributed by atoms with E-state index in [9.17, 15) is 8.78 Å². The first-order valence-electron chi connectivity index (χ1n) is 7.35. The highest BCUT2D eigenvalue weighted by Gasteiger charge is 2.15. The first-order chi connectivity index (χ1) is 9.86. The molecule has 0 amide bonds. The number of hydrogen-bond donors (Lipinski definition) is 1. The summed E-state index contributed by atoms with van der Waals surface area (Å²) in [5.41, 5.74) is 0. The van der Waals surface area contributed by atoms with Crippen molar-refractivity contribution in [2.75, 3.05) is 25.0 Å². The van der Waals surface area contributed by atoms with Crippen molar-refractivity contribution in [3.63, 3.8) is 0 Å². The van der Waals surface area contributed by atoms with E-state index in [-0.39, 0.29) is 11.7 Å². The molecule has 0 aromatic carbocycles. The Hall–Kier alpha value is -1.43. The summed E-state index contributed by atoms with van der Waals surface area (Å²) >= 11 is 0. The minimum atomic E-state index is -0.783. The Morgan fingerprint density at radius 2 is 1.81 bits per heavy atom. The maximum atomic E-state index is 13.6. The third kappa shape index (κ3) is 5.12. The van der Waals surface area contributed by atoms with Crippen LogP contribution >= 0.6 is 0 Å². The maximum Gasteiger partial charge on any atom is 0.252 e. The Morgan fingerprint density at radius 3 is 2.33 bits per heavy atom. The number of nitrogens with one attached hydrogen (secondary N) is 1. The van der Waals surface area contributed by atoms with Gasteiger partial charge in [-0.2, -0.15) is 4.98 Å². The SMILES string of the molecule is CCNc1nc(OCCN(C(C)C)C(C)C)c(F)cc1F. The number of anilines is 1. The summed E-state index contributed by atoms with van der Waals surface area (Å²) in [6.07, 6.45) is 0. The van der Waals surface area contributed by atoms with Gasteiger partial charge in [-0.1, -0.05) is 0 Å². The Balaban J connectivity index is 2.68. The van der Waals surface area contributed by atoms with Crippen molar-refractivity contribution in [2.45, 2.75) is 46.7 Å². The molecule has 1 aromatic heterocycles. The smallest absolute Gasteiger partial charge is 0.252 e. The second-order valence-electron chi connectivity index (χ2n) is 5.41. The molecular formula is C15H25F2N3O. The Kier molecular flexibility index (Phi) is 6.81. The highest BCUT2D eigenvalue weighted by Crippen LogP contribution is 2.20. The summed E-state index contributed by atoms with van der Waals surface area (Å²) in [7, 11) is 0. The second-order valence-corrected chi connectivity index (χ2v) is 5.41. The fraction of sp³-hybridized carbons (Fsp3) is 0.667. The molecule has 120 valence electrons. The van der Waals surface area contributed by atoms with Crippen LogP contribution < -0.4 is 10.1 Å². The molecule has 6 heteroatoms. The minimum absolute atomic E-state index is 0.0125. The van der Waals surface area contributed by atoms with Crippen molar-refractivity contribution in [3.05, 3.63) is 17.7 Å². The Morgan fingerprint density at radius 1 is 1.19 bits per heavy atom. The normalized spacial score (nSPS) is 11.5. The molecule has 0 fully saturated rings. The number of halogens is 2. The van der Waals surface area contributed by atoms with E-state index >= 15 is 0 Å². The third-order valence-electron chi connectivity index (χ3n) is 3.16. The highest BCUT2D eigenvalue weighted by molar-refractivity contribution is 5.39. The summed E-state index contributed by atoms with van der Waals surface area (Å²) in [5.74, 6) is -1.65. The molecule has 0 spiro atoms. The van der Waals surface area contributed by atoms with Crippen LogP contribution in [0.1, 0.15) is 34.6 Å². The molecular weight excluding hydrogens is 276 g/mol.